The molecule has 0 aliphatic heterocycles. The zero-order valence-electron chi connectivity index (χ0n) is 9.50. The largest absolute Gasteiger partial charge is 0.452 e. The highest BCUT2D eigenvalue weighted by atomic mass is 32.2. The zero-order chi connectivity index (χ0) is 13.6. The van der Waals surface area contributed by atoms with Gasteiger partial charge in [-0.05, 0) is 17.7 Å². The van der Waals surface area contributed by atoms with Gasteiger partial charge in [-0.2, -0.15) is 13.7 Å². The number of nitriles is 1. The van der Waals surface area contributed by atoms with E-state index >= 15 is 0 Å². The molecular formula is C10H11N3O4S. The van der Waals surface area contributed by atoms with Crippen LogP contribution >= 0.6 is 0 Å². The first kappa shape index (κ1) is 13.8. The summed E-state index contributed by atoms with van der Waals surface area (Å²) < 4.78 is 30.8. The summed E-state index contributed by atoms with van der Waals surface area (Å²) in [5.41, 5.74) is 1.04. The lowest BCUT2D eigenvalue weighted by Crippen LogP contribution is -2.35. The zero-order valence-corrected chi connectivity index (χ0v) is 10.3. The first-order valence-corrected chi connectivity index (χ1v) is 6.29. The number of methoxy groups -OCH3 is 1. The second-order valence-corrected chi connectivity index (χ2v) is 4.65. The van der Waals surface area contributed by atoms with E-state index < -0.39 is 16.3 Å². The smallest absolute Gasteiger partial charge is 0.422 e. The third kappa shape index (κ3) is 4.31. The normalized spacial score (nSPS) is 10.2. The predicted molar refractivity (Wildman–Crippen MR) is 63.8 cm³/mol. The Hall–Kier alpha value is -2.27. The van der Waals surface area contributed by atoms with Gasteiger partial charge in [-0.15, -0.1) is 0 Å². The molecule has 1 aromatic carbocycles. The summed E-state index contributed by atoms with van der Waals surface area (Å²) in [5, 5.41) is 8.48. The van der Waals surface area contributed by atoms with Gasteiger partial charge in [-0.25, -0.2) is 9.52 Å². The van der Waals surface area contributed by atoms with Crippen LogP contribution in [0, 0.1) is 11.3 Å². The number of carbonyl (C=O) groups is 1. The molecule has 2 N–H and O–H groups in total. The molecule has 96 valence electrons. The van der Waals surface area contributed by atoms with E-state index in [2.05, 4.69) is 9.46 Å². The molecular weight excluding hydrogens is 258 g/mol. The van der Waals surface area contributed by atoms with E-state index in [0.717, 1.165) is 12.7 Å². The molecule has 0 aliphatic carbocycles. The number of hydrogen-bond donors (Lipinski definition) is 2. The topological polar surface area (TPSA) is 108 Å². The number of nitrogens with one attached hydrogen (secondary N) is 2. The van der Waals surface area contributed by atoms with Gasteiger partial charge in [0.1, 0.15) is 0 Å². The Bertz CT molecular complexity index is 560. The number of ether oxygens (including phenoxy) is 1. The van der Waals surface area contributed by atoms with Crippen molar-refractivity contribution < 1.29 is 17.9 Å². The van der Waals surface area contributed by atoms with E-state index in [4.69, 9.17) is 5.26 Å². The van der Waals surface area contributed by atoms with Gasteiger partial charge in [0.2, 0.25) is 0 Å². The molecule has 8 heteroatoms. The Kier molecular flexibility index (Phi) is 4.51. The second-order valence-electron chi connectivity index (χ2n) is 3.23. The molecule has 1 amide bonds. The Morgan fingerprint density at radius 1 is 1.39 bits per heavy atom. The maximum absolute atomic E-state index is 11.4. The number of carbonyl (C=O) groups excluding carboxylic acids is 1. The van der Waals surface area contributed by atoms with Crippen molar-refractivity contribution in [2.75, 3.05) is 11.8 Å². The molecule has 0 fully saturated rings. The molecule has 7 nitrogen and oxygen atoms in total. The Morgan fingerprint density at radius 3 is 2.50 bits per heavy atom. The van der Waals surface area contributed by atoms with Crippen molar-refractivity contribution in [3.8, 4) is 6.07 Å². The van der Waals surface area contributed by atoms with E-state index in [1.54, 1.807) is 16.9 Å². The number of rotatable bonds is 4. The molecule has 0 unspecified atom stereocenters. The van der Waals surface area contributed by atoms with Gasteiger partial charge < -0.3 is 4.74 Å². The molecule has 0 saturated carbocycles. The van der Waals surface area contributed by atoms with Gasteiger partial charge in [0, 0.05) is 0 Å². The van der Waals surface area contributed by atoms with Crippen LogP contribution in [0.4, 0.5) is 10.5 Å². The monoisotopic (exact) mass is 269 g/mol. The lowest BCUT2D eigenvalue weighted by atomic mass is 10.1. The summed E-state index contributed by atoms with van der Waals surface area (Å²) in [6, 6.07) is 8.17. The average Bonchev–Trinajstić information content (AvgIpc) is 2.31. The quantitative estimate of drug-likeness (QED) is 0.839. The van der Waals surface area contributed by atoms with Crippen molar-refractivity contribution >= 4 is 22.0 Å². The summed E-state index contributed by atoms with van der Waals surface area (Å²) >= 11 is 0. The van der Waals surface area contributed by atoms with Crippen LogP contribution < -0.4 is 9.44 Å². The maximum atomic E-state index is 11.4. The van der Waals surface area contributed by atoms with Crippen molar-refractivity contribution in [1.82, 2.24) is 4.72 Å². The molecule has 0 aromatic heterocycles. The van der Waals surface area contributed by atoms with Crippen molar-refractivity contribution in [3.63, 3.8) is 0 Å². The standard InChI is InChI=1S/C10H11N3O4S/c1-17-10(14)13-18(15,16)12-9-4-2-8(3-5-9)6-7-11/h2-5,12H,6H2,1H3,(H,13,14). The predicted octanol–water partition coefficient (Wildman–Crippen LogP) is 0.765. The fourth-order valence-corrected chi connectivity index (χ4v) is 1.91. The highest BCUT2D eigenvalue weighted by Gasteiger charge is 2.13. The van der Waals surface area contributed by atoms with Crippen LogP contribution in [0.3, 0.4) is 0 Å². The van der Waals surface area contributed by atoms with E-state index in [1.807, 2.05) is 6.07 Å². The average molecular weight is 269 g/mol. The fraction of sp³-hybridized carbons (Fsp3) is 0.200. The second kappa shape index (κ2) is 5.88. The molecule has 0 radical (unpaired) electrons. The van der Waals surface area contributed by atoms with E-state index in [1.165, 1.54) is 12.1 Å². The molecule has 0 aliphatic rings. The summed E-state index contributed by atoms with van der Waals surface area (Å²) in [5.74, 6) is 0. The van der Waals surface area contributed by atoms with Gasteiger partial charge in [0.15, 0.2) is 0 Å². The maximum Gasteiger partial charge on any atom is 0.422 e. The Balaban J connectivity index is 2.73. The van der Waals surface area contributed by atoms with E-state index in [0.29, 0.717) is 0 Å². The first-order chi connectivity index (χ1) is 8.46. The molecule has 0 bridgehead atoms. The SMILES string of the molecule is COC(=O)NS(=O)(=O)Nc1ccc(CC#N)cc1. The Labute approximate surface area is 105 Å². The van der Waals surface area contributed by atoms with Gasteiger partial charge >= 0.3 is 16.3 Å². The number of anilines is 1. The van der Waals surface area contributed by atoms with Crippen molar-refractivity contribution in [2.45, 2.75) is 6.42 Å². The third-order valence-electron chi connectivity index (χ3n) is 1.89. The lowest BCUT2D eigenvalue weighted by molar-refractivity contribution is 0.177. The molecule has 1 rings (SSSR count). The van der Waals surface area contributed by atoms with Crippen LogP contribution in [0.2, 0.25) is 0 Å². The number of hydrogen-bond acceptors (Lipinski definition) is 5. The third-order valence-corrected chi connectivity index (χ3v) is 2.83. The van der Waals surface area contributed by atoms with Crippen LogP contribution in [-0.4, -0.2) is 21.6 Å². The van der Waals surface area contributed by atoms with Crippen LogP contribution in [0.25, 0.3) is 0 Å². The number of benzene rings is 1. The van der Waals surface area contributed by atoms with Gasteiger partial charge in [-0.3, -0.25) is 4.72 Å². The number of nitrogens with zero attached hydrogens (tertiary/aromatic N) is 1. The molecule has 0 atom stereocenters. The Morgan fingerprint density at radius 2 is 2.00 bits per heavy atom. The van der Waals surface area contributed by atoms with E-state index in [9.17, 15) is 13.2 Å². The molecule has 0 heterocycles. The van der Waals surface area contributed by atoms with Crippen LogP contribution in [0.15, 0.2) is 24.3 Å². The minimum absolute atomic E-state index is 0.243. The summed E-state index contributed by atoms with van der Waals surface area (Å²) in [4.78, 5) is 10.8. The summed E-state index contributed by atoms with van der Waals surface area (Å²) in [6.07, 6.45) is -0.837. The van der Waals surface area contributed by atoms with Crippen molar-refractivity contribution in [2.24, 2.45) is 0 Å². The highest BCUT2D eigenvalue weighted by molar-refractivity contribution is 7.91. The molecule has 18 heavy (non-hydrogen) atoms. The number of amides is 1. The molecule has 0 saturated heterocycles. The van der Waals surface area contributed by atoms with Crippen molar-refractivity contribution in [1.29, 1.82) is 5.26 Å². The summed E-state index contributed by atoms with van der Waals surface area (Å²) in [7, 11) is -2.95. The molecule has 1 aromatic rings. The highest BCUT2D eigenvalue weighted by Crippen LogP contribution is 2.11. The first-order valence-electron chi connectivity index (χ1n) is 4.81. The van der Waals surface area contributed by atoms with E-state index in [-0.39, 0.29) is 12.1 Å². The molecule has 0 spiro atoms. The van der Waals surface area contributed by atoms with Gasteiger partial charge in [-0.1, -0.05) is 12.1 Å². The van der Waals surface area contributed by atoms with Crippen LogP contribution in [-0.2, 0) is 21.4 Å². The van der Waals surface area contributed by atoms with Gasteiger partial charge in [0.05, 0.1) is 25.3 Å². The minimum Gasteiger partial charge on any atom is -0.452 e. The summed E-state index contributed by atoms with van der Waals surface area (Å²) in [6.45, 7) is 0. The van der Waals surface area contributed by atoms with Crippen molar-refractivity contribution in [3.05, 3.63) is 29.8 Å². The van der Waals surface area contributed by atoms with Crippen LogP contribution in [0.5, 0.6) is 0 Å². The van der Waals surface area contributed by atoms with Gasteiger partial charge in [0.25, 0.3) is 0 Å². The fourth-order valence-electron chi connectivity index (χ4n) is 1.11. The van der Waals surface area contributed by atoms with Crippen LogP contribution in [0.1, 0.15) is 5.56 Å². The minimum atomic E-state index is -4.01. The lowest BCUT2D eigenvalue weighted by Gasteiger charge is -2.08.